The molecule has 0 aromatic heterocycles. The second-order valence-corrected chi connectivity index (χ2v) is 7.81. The molecule has 0 aliphatic rings. The highest BCUT2D eigenvalue weighted by Gasteiger charge is 2.18. The molecule has 0 fully saturated rings. The fraction of sp³-hybridized carbons (Fsp3) is 0.235. The normalized spacial score (nSPS) is 12.5. The van der Waals surface area contributed by atoms with Crippen molar-refractivity contribution in [3.8, 4) is 0 Å². The Bertz CT molecular complexity index is 901. The van der Waals surface area contributed by atoms with E-state index in [1.54, 1.807) is 25.1 Å². The molecule has 0 saturated carbocycles. The highest BCUT2D eigenvalue weighted by molar-refractivity contribution is 7.89. The molecule has 1 atom stereocenters. The second-order valence-electron chi connectivity index (χ2n) is 5.84. The molecule has 3 N–H and O–H groups in total. The number of carbonyl (C=O) groups excluding carboxylic acids is 1. The number of carbonyl (C=O) groups is 1. The van der Waals surface area contributed by atoms with E-state index in [1.165, 1.54) is 36.2 Å². The summed E-state index contributed by atoms with van der Waals surface area (Å²) < 4.78 is 36.7. The Morgan fingerprint density at radius 3 is 2.58 bits per heavy atom. The summed E-state index contributed by atoms with van der Waals surface area (Å²) in [4.78, 5) is 13.6. The third-order valence-corrected chi connectivity index (χ3v) is 5.10. The van der Waals surface area contributed by atoms with Crippen molar-refractivity contribution in [3.63, 3.8) is 0 Å². The van der Waals surface area contributed by atoms with Crippen molar-refractivity contribution >= 4 is 27.7 Å². The van der Waals surface area contributed by atoms with Crippen LogP contribution in [0.1, 0.15) is 24.1 Å². The Labute approximate surface area is 156 Å². The van der Waals surface area contributed by atoms with Crippen molar-refractivity contribution < 1.29 is 17.6 Å². The summed E-state index contributed by atoms with van der Waals surface area (Å²) in [6.45, 7) is 1.69. The number of nitrogens with one attached hydrogen (secondary N) is 1. The minimum absolute atomic E-state index is 0.0126. The lowest BCUT2D eigenvalue weighted by Crippen LogP contribution is -2.38. The molecule has 9 heteroatoms. The van der Waals surface area contributed by atoms with Crippen molar-refractivity contribution in [2.75, 3.05) is 7.05 Å². The maximum absolute atomic E-state index is 13.8. The van der Waals surface area contributed by atoms with Gasteiger partial charge < -0.3 is 10.2 Å². The molecule has 0 spiro atoms. The van der Waals surface area contributed by atoms with Gasteiger partial charge in [-0.15, -0.1) is 0 Å². The Balaban J connectivity index is 2.09. The Hall–Kier alpha value is -2.16. The molecule has 2 rings (SSSR count). The van der Waals surface area contributed by atoms with Crippen LogP contribution in [0.25, 0.3) is 0 Å². The zero-order valence-corrected chi connectivity index (χ0v) is 15.8. The summed E-state index contributed by atoms with van der Waals surface area (Å²) in [6.07, 6.45) is 0. The quantitative estimate of drug-likeness (QED) is 0.809. The van der Waals surface area contributed by atoms with Gasteiger partial charge in [-0.3, -0.25) is 0 Å². The second kappa shape index (κ2) is 8.03. The van der Waals surface area contributed by atoms with Crippen LogP contribution < -0.4 is 10.5 Å². The number of hydrogen-bond donors (Lipinski definition) is 2. The van der Waals surface area contributed by atoms with E-state index in [0.29, 0.717) is 5.56 Å². The van der Waals surface area contributed by atoms with Crippen molar-refractivity contribution in [2.45, 2.75) is 24.4 Å². The van der Waals surface area contributed by atoms with E-state index in [2.05, 4.69) is 5.32 Å². The molecule has 140 valence electrons. The van der Waals surface area contributed by atoms with Gasteiger partial charge in [-0.1, -0.05) is 29.8 Å². The van der Waals surface area contributed by atoms with E-state index in [9.17, 15) is 17.6 Å². The van der Waals surface area contributed by atoms with Crippen LogP contribution in [-0.2, 0) is 16.6 Å². The molecular formula is C17H19ClFN3O3S. The fourth-order valence-electron chi connectivity index (χ4n) is 2.33. The minimum Gasteiger partial charge on any atom is -0.331 e. The maximum Gasteiger partial charge on any atom is 0.317 e. The minimum atomic E-state index is -3.83. The van der Waals surface area contributed by atoms with Gasteiger partial charge in [0, 0.05) is 17.6 Å². The van der Waals surface area contributed by atoms with Crippen LogP contribution in [0.5, 0.6) is 0 Å². The predicted octanol–water partition coefficient (Wildman–Crippen LogP) is 3.03. The summed E-state index contributed by atoms with van der Waals surface area (Å²) >= 11 is 5.97. The van der Waals surface area contributed by atoms with Crippen LogP contribution in [0.4, 0.5) is 9.18 Å². The number of urea groups is 1. The summed E-state index contributed by atoms with van der Waals surface area (Å²) in [7, 11) is -2.33. The molecule has 2 amide bonds. The first-order valence-electron chi connectivity index (χ1n) is 7.67. The van der Waals surface area contributed by atoms with Gasteiger partial charge in [-0.05, 0) is 36.8 Å². The van der Waals surface area contributed by atoms with Crippen molar-refractivity contribution in [1.82, 2.24) is 10.2 Å². The first-order chi connectivity index (χ1) is 12.1. The number of hydrogen-bond acceptors (Lipinski definition) is 3. The topological polar surface area (TPSA) is 92.5 Å². The highest BCUT2D eigenvalue weighted by Crippen LogP contribution is 2.21. The average molecular weight is 400 g/mol. The van der Waals surface area contributed by atoms with Crippen LogP contribution in [0, 0.1) is 5.82 Å². The largest absolute Gasteiger partial charge is 0.331 e. The number of rotatable bonds is 5. The number of amides is 2. The summed E-state index contributed by atoms with van der Waals surface area (Å²) in [5.41, 5.74) is 0.790. The van der Waals surface area contributed by atoms with Gasteiger partial charge in [0.15, 0.2) is 0 Å². The van der Waals surface area contributed by atoms with Gasteiger partial charge in [0.2, 0.25) is 10.0 Å². The molecule has 2 aromatic rings. The fourth-order valence-corrected chi connectivity index (χ4v) is 3.12. The van der Waals surface area contributed by atoms with Crippen molar-refractivity contribution in [2.24, 2.45) is 5.14 Å². The third-order valence-electron chi connectivity index (χ3n) is 3.83. The van der Waals surface area contributed by atoms with Gasteiger partial charge in [-0.25, -0.2) is 22.7 Å². The zero-order chi connectivity index (χ0) is 19.5. The summed E-state index contributed by atoms with van der Waals surface area (Å²) in [5.74, 6) is -0.494. The van der Waals surface area contributed by atoms with Gasteiger partial charge >= 0.3 is 6.03 Å². The molecule has 2 aromatic carbocycles. The maximum atomic E-state index is 13.8. The van der Waals surface area contributed by atoms with Gasteiger partial charge in [0.1, 0.15) is 5.82 Å². The molecule has 0 radical (unpaired) electrons. The smallest absolute Gasteiger partial charge is 0.317 e. The van der Waals surface area contributed by atoms with E-state index in [0.717, 1.165) is 0 Å². The summed E-state index contributed by atoms with van der Waals surface area (Å²) in [5, 5.41) is 8.07. The number of nitrogens with two attached hydrogens (primary N) is 1. The molecule has 0 aliphatic carbocycles. The Morgan fingerprint density at radius 1 is 1.31 bits per heavy atom. The first kappa shape index (κ1) is 20.2. The van der Waals surface area contributed by atoms with Crippen LogP contribution in [0.15, 0.2) is 47.4 Å². The number of sulfonamides is 1. The SMILES string of the molecule is CC(NC(=O)N(C)Cc1c(F)cccc1Cl)c1cccc(S(N)(=O)=O)c1. The van der Waals surface area contributed by atoms with E-state index in [1.807, 2.05) is 0 Å². The summed E-state index contributed by atoms with van der Waals surface area (Å²) in [6, 6.07) is 9.35. The van der Waals surface area contributed by atoms with Crippen LogP contribution in [-0.4, -0.2) is 26.4 Å². The molecular weight excluding hydrogens is 381 g/mol. The molecule has 0 heterocycles. The first-order valence-corrected chi connectivity index (χ1v) is 9.59. The Kier molecular flexibility index (Phi) is 6.22. The number of nitrogens with zero attached hydrogens (tertiary/aromatic N) is 1. The zero-order valence-electron chi connectivity index (χ0n) is 14.2. The van der Waals surface area contributed by atoms with Crippen molar-refractivity contribution in [3.05, 3.63) is 64.4 Å². The van der Waals surface area contributed by atoms with Crippen LogP contribution in [0.2, 0.25) is 5.02 Å². The number of benzene rings is 2. The van der Waals surface area contributed by atoms with E-state index in [-0.39, 0.29) is 22.0 Å². The predicted molar refractivity (Wildman–Crippen MR) is 97.6 cm³/mol. The molecule has 0 aliphatic heterocycles. The monoisotopic (exact) mass is 399 g/mol. The van der Waals surface area contributed by atoms with Gasteiger partial charge in [-0.2, -0.15) is 0 Å². The molecule has 1 unspecified atom stereocenters. The number of halogens is 2. The van der Waals surface area contributed by atoms with E-state index in [4.69, 9.17) is 16.7 Å². The van der Waals surface area contributed by atoms with Crippen LogP contribution >= 0.6 is 11.6 Å². The average Bonchev–Trinajstić information content (AvgIpc) is 2.57. The third kappa shape index (κ3) is 4.94. The van der Waals surface area contributed by atoms with Gasteiger partial charge in [0.25, 0.3) is 0 Å². The standard InChI is InChI=1S/C17H19ClFN3O3S/c1-11(12-5-3-6-13(9-12)26(20,24)25)21-17(23)22(2)10-14-15(18)7-4-8-16(14)19/h3-9,11H,10H2,1-2H3,(H,21,23)(H2,20,24,25). The van der Waals surface area contributed by atoms with E-state index >= 15 is 0 Å². The Morgan fingerprint density at radius 2 is 1.96 bits per heavy atom. The van der Waals surface area contributed by atoms with Gasteiger partial charge in [0.05, 0.1) is 17.5 Å². The lowest BCUT2D eigenvalue weighted by Gasteiger charge is -2.22. The molecule has 0 saturated heterocycles. The lowest BCUT2D eigenvalue weighted by molar-refractivity contribution is 0.203. The molecule has 6 nitrogen and oxygen atoms in total. The number of primary sulfonamides is 1. The lowest BCUT2D eigenvalue weighted by atomic mass is 10.1. The highest BCUT2D eigenvalue weighted by atomic mass is 35.5. The van der Waals surface area contributed by atoms with Crippen molar-refractivity contribution in [1.29, 1.82) is 0 Å². The van der Waals surface area contributed by atoms with Crippen LogP contribution in [0.3, 0.4) is 0 Å². The molecule has 26 heavy (non-hydrogen) atoms. The molecule has 0 bridgehead atoms. The van der Waals surface area contributed by atoms with E-state index < -0.39 is 27.9 Å².